The number of hydrogen-bond donors (Lipinski definition) is 0. The van der Waals surface area contributed by atoms with Crippen molar-refractivity contribution < 1.29 is 0 Å². The number of rotatable bonds is 10. The molecule has 12 aromatic rings. The predicted molar refractivity (Wildman–Crippen MR) is 492 cm³/mol. The average Bonchev–Trinajstić information content (AvgIpc) is 1.56. The third kappa shape index (κ3) is 14.6. The van der Waals surface area contributed by atoms with Gasteiger partial charge in [0, 0.05) is 78.0 Å². The molecule has 4 nitrogen and oxygen atoms in total. The van der Waals surface area contributed by atoms with Gasteiger partial charge < -0.3 is 19.6 Å². The molecule has 2 aliphatic heterocycles. The van der Waals surface area contributed by atoms with Gasteiger partial charge in [0.2, 0.25) is 0 Å². The van der Waals surface area contributed by atoms with Crippen molar-refractivity contribution in [1.29, 1.82) is 0 Å². The van der Waals surface area contributed by atoms with E-state index in [1.165, 1.54) is 134 Å². The molecule has 2 heterocycles. The number of benzene rings is 12. The maximum atomic E-state index is 6.98. The van der Waals surface area contributed by atoms with Crippen molar-refractivity contribution in [2.45, 2.75) is 222 Å². The molecule has 0 radical (unpaired) electrons. The van der Waals surface area contributed by atoms with Crippen LogP contribution in [0.25, 0.3) is 22.3 Å². The normalized spacial score (nSPS) is 15.5. The van der Waals surface area contributed by atoms with Gasteiger partial charge in [-0.25, -0.2) is 0 Å². The van der Waals surface area contributed by atoms with Gasteiger partial charge in [0.25, 0.3) is 6.71 Å². The van der Waals surface area contributed by atoms with Crippen molar-refractivity contribution in [2.75, 3.05) is 19.6 Å². The van der Waals surface area contributed by atoms with Crippen LogP contribution in [0.2, 0.25) is 10.0 Å². The smallest absolute Gasteiger partial charge is 0.252 e. The Morgan fingerprint density at radius 2 is 0.752 bits per heavy atom. The molecule has 0 amide bonds. The fraction of sp³-hybridized carbons (Fsp3) is 0.321. The Bertz CT molecular complexity index is 5730. The molecule has 0 saturated carbocycles. The number of aryl methyl sites for hydroxylation is 4. The zero-order valence-electron chi connectivity index (χ0n) is 71.6. The van der Waals surface area contributed by atoms with E-state index in [0.717, 1.165) is 57.7 Å². The molecule has 0 N–H and O–H groups in total. The van der Waals surface area contributed by atoms with Crippen LogP contribution in [0.1, 0.15) is 218 Å². The molecule has 4 aliphatic rings. The van der Waals surface area contributed by atoms with Crippen LogP contribution in [0.3, 0.4) is 0 Å². The summed E-state index contributed by atoms with van der Waals surface area (Å²) in [5.41, 5.74) is 39.1. The third-order valence-corrected chi connectivity index (χ3v) is 25.3. The summed E-state index contributed by atoms with van der Waals surface area (Å²) >= 11 is 13.7. The summed E-state index contributed by atoms with van der Waals surface area (Å²) in [6, 6.07) is 89.2. The van der Waals surface area contributed by atoms with Crippen molar-refractivity contribution >= 4 is 115 Å². The number of anilines is 12. The van der Waals surface area contributed by atoms with Crippen LogP contribution in [0.5, 0.6) is 0 Å². The second kappa shape index (κ2) is 28.2. The van der Waals surface area contributed by atoms with Crippen LogP contribution >= 0.6 is 23.2 Å². The summed E-state index contributed by atoms with van der Waals surface area (Å²) in [4.78, 5) is 10.0. The molecule has 16 rings (SSSR count). The lowest BCUT2D eigenvalue weighted by Crippen LogP contribution is -2.61. The number of halogens is 2. The third-order valence-electron chi connectivity index (χ3n) is 24.9. The highest BCUT2D eigenvalue weighted by Crippen LogP contribution is 2.57. The molecule has 2 aliphatic carbocycles. The summed E-state index contributed by atoms with van der Waals surface area (Å²) in [5, 5.41) is 1.46. The van der Waals surface area contributed by atoms with Gasteiger partial charge in [-0.3, -0.25) is 0 Å². The molecule has 0 unspecified atom stereocenters. The van der Waals surface area contributed by atoms with E-state index in [2.05, 4.69) is 410 Å². The van der Waals surface area contributed by atoms with E-state index >= 15 is 0 Å². The van der Waals surface area contributed by atoms with Crippen molar-refractivity contribution in [3.8, 4) is 22.3 Å². The van der Waals surface area contributed by atoms with Gasteiger partial charge >= 0.3 is 0 Å². The van der Waals surface area contributed by atoms with Crippen LogP contribution in [-0.2, 0) is 43.3 Å². The molecule has 576 valence electrons. The summed E-state index contributed by atoms with van der Waals surface area (Å²) in [7, 11) is 0. The molecule has 0 atom stereocenters. The molecule has 113 heavy (non-hydrogen) atoms. The predicted octanol–water partition coefficient (Wildman–Crippen LogP) is 29.4. The standard InChI is InChI=1S/C53H56BClN2.C53H59ClN2/c1-32-24-47-49-48(25-32)57(44-23-19-36(51(6,7)8)27-38(44)34-16-14-13-15-17-34)46-30-40-39(52(9,10)31-53(40,11)12)29-42(46)54(49)41-21-20-37(55)28-45(41)56(47)43-22-18-35(26-33(43)2)50(3,4)5;1-35-27-43(55(41-20-16-19-40(54)31-41)48-25-21-38(29-36(48)2)50(3,4)5)32-44(28-35)56(42-23-24-46-47(33-42)53(11,12)34-52(46,9)10)49-26-22-39(51(6,7)8)30-45(49)37-17-14-13-15-18-37/h13-30H,31H2,1-12H3;13-33H,34H2,1-12H3. The van der Waals surface area contributed by atoms with E-state index < -0.39 is 0 Å². The number of hydrogen-bond acceptors (Lipinski definition) is 4. The van der Waals surface area contributed by atoms with E-state index in [9.17, 15) is 0 Å². The Labute approximate surface area is 687 Å². The lowest BCUT2D eigenvalue weighted by molar-refractivity contribution is 0.403. The summed E-state index contributed by atoms with van der Waals surface area (Å²) in [6.45, 7) is 55.9. The second-order valence-electron chi connectivity index (χ2n) is 40.0. The second-order valence-corrected chi connectivity index (χ2v) is 40.8. The summed E-state index contributed by atoms with van der Waals surface area (Å²) < 4.78 is 0. The van der Waals surface area contributed by atoms with Crippen LogP contribution in [-0.4, -0.2) is 6.71 Å². The Morgan fingerprint density at radius 1 is 0.310 bits per heavy atom. The van der Waals surface area contributed by atoms with Crippen LogP contribution in [0, 0.1) is 27.7 Å². The SMILES string of the molecule is Cc1cc(N(c2cccc(Cl)c2)c2ccc(C(C)(C)C)cc2C)cc(N(c2ccc3c(c2)C(C)(C)CC3(C)C)c2ccc(C(C)(C)C)cc2-c2ccccc2)c1.Cc1cc2c3c(c1)N(c1ccc(C(C)(C)C)cc1-c1ccccc1)c1cc4c(cc1B3c1ccc(Cl)cc1N2c1ccc(C(C)(C)C)cc1C)C(C)(C)CC4(C)C. The van der Waals surface area contributed by atoms with Crippen molar-refractivity contribution in [3.63, 3.8) is 0 Å². The first-order chi connectivity index (χ1) is 53.0. The van der Waals surface area contributed by atoms with Gasteiger partial charge in [0.05, 0.1) is 11.4 Å². The molecule has 0 spiro atoms. The number of fused-ring (bicyclic) bond motifs is 6. The first-order valence-electron chi connectivity index (χ1n) is 41.0. The van der Waals surface area contributed by atoms with Gasteiger partial charge in [-0.1, -0.05) is 283 Å². The first kappa shape index (κ1) is 78.7. The molecule has 0 saturated heterocycles. The van der Waals surface area contributed by atoms with E-state index in [-0.39, 0.29) is 50.0 Å². The fourth-order valence-corrected chi connectivity index (χ4v) is 19.9. The minimum atomic E-state index is -0.00950. The van der Waals surface area contributed by atoms with E-state index in [1.807, 2.05) is 12.1 Å². The Morgan fingerprint density at radius 3 is 1.30 bits per heavy atom. The van der Waals surface area contributed by atoms with Crippen molar-refractivity contribution in [2.24, 2.45) is 0 Å². The van der Waals surface area contributed by atoms with Crippen LogP contribution < -0.4 is 36.0 Å². The molecule has 12 aromatic carbocycles. The highest BCUT2D eigenvalue weighted by molar-refractivity contribution is 7.00. The zero-order valence-corrected chi connectivity index (χ0v) is 73.1. The Hall–Kier alpha value is -9.52. The van der Waals surface area contributed by atoms with Gasteiger partial charge in [-0.15, -0.1) is 0 Å². The number of nitrogens with zero attached hydrogens (tertiary/aromatic N) is 4. The monoisotopic (exact) mass is 1520 g/mol. The largest absolute Gasteiger partial charge is 0.311 e. The van der Waals surface area contributed by atoms with Crippen LogP contribution in [0.15, 0.2) is 237 Å². The summed E-state index contributed by atoms with van der Waals surface area (Å²) in [5.74, 6) is 0. The lowest BCUT2D eigenvalue weighted by Gasteiger charge is -2.45. The molecule has 0 bridgehead atoms. The molecule has 0 aromatic heterocycles. The minimum Gasteiger partial charge on any atom is -0.311 e. The Balaban J connectivity index is 0.000000178. The molecule has 7 heteroatoms. The molecule has 0 fully saturated rings. The van der Waals surface area contributed by atoms with Crippen molar-refractivity contribution in [3.05, 3.63) is 313 Å². The minimum absolute atomic E-state index is 0.00221. The lowest BCUT2D eigenvalue weighted by atomic mass is 9.33. The quantitative estimate of drug-likeness (QED) is 0.127. The highest BCUT2D eigenvalue weighted by atomic mass is 35.5. The van der Waals surface area contributed by atoms with Gasteiger partial charge in [-0.05, 0) is 293 Å². The average molecular weight is 1530 g/mol. The van der Waals surface area contributed by atoms with Crippen molar-refractivity contribution in [1.82, 2.24) is 0 Å². The van der Waals surface area contributed by atoms with Crippen LogP contribution in [0.4, 0.5) is 68.2 Å². The van der Waals surface area contributed by atoms with Gasteiger partial charge in [-0.2, -0.15) is 0 Å². The fourth-order valence-electron chi connectivity index (χ4n) is 19.5. The first-order valence-corrected chi connectivity index (χ1v) is 41.7. The maximum Gasteiger partial charge on any atom is 0.252 e. The topological polar surface area (TPSA) is 13.0 Å². The van der Waals surface area contributed by atoms with E-state index in [4.69, 9.17) is 23.2 Å². The van der Waals surface area contributed by atoms with E-state index in [1.54, 1.807) is 0 Å². The van der Waals surface area contributed by atoms with E-state index in [0.29, 0.717) is 5.02 Å². The summed E-state index contributed by atoms with van der Waals surface area (Å²) in [6.07, 6.45) is 2.23. The zero-order chi connectivity index (χ0) is 80.9. The maximum absolute atomic E-state index is 6.98. The highest BCUT2D eigenvalue weighted by Gasteiger charge is 2.49. The van der Waals surface area contributed by atoms with Gasteiger partial charge in [0.15, 0.2) is 0 Å². The Kier molecular flexibility index (Phi) is 19.6. The molecular weight excluding hydrogens is 1410 g/mol. The molecular formula is C106H115BCl2N4. The van der Waals surface area contributed by atoms with Gasteiger partial charge in [0.1, 0.15) is 0 Å².